The number of carbonyl (C=O) groups is 1. The molecule has 2 aromatic carbocycles. The number of methoxy groups -OCH3 is 2. The molecule has 1 aliphatic heterocycles. The molecule has 0 bridgehead atoms. The third kappa shape index (κ3) is 4.19. The van der Waals surface area contributed by atoms with Crippen molar-refractivity contribution in [2.45, 2.75) is 32.0 Å². The van der Waals surface area contributed by atoms with Crippen LogP contribution in [0.25, 0.3) is 17.0 Å². The number of carbonyl (C=O) groups excluding carboxylic acids is 1. The van der Waals surface area contributed by atoms with E-state index >= 15 is 0 Å². The van der Waals surface area contributed by atoms with Crippen molar-refractivity contribution in [1.29, 1.82) is 0 Å². The van der Waals surface area contributed by atoms with Crippen LogP contribution in [0.1, 0.15) is 25.0 Å². The summed E-state index contributed by atoms with van der Waals surface area (Å²) < 4.78 is 27.8. The van der Waals surface area contributed by atoms with Crippen LogP contribution in [0.5, 0.6) is 17.2 Å². The quantitative estimate of drug-likeness (QED) is 0.337. The van der Waals surface area contributed by atoms with E-state index in [2.05, 4.69) is 0 Å². The fourth-order valence-corrected chi connectivity index (χ4v) is 3.76. The molecule has 0 radical (unpaired) electrons. The molecule has 0 fully saturated rings. The lowest BCUT2D eigenvalue weighted by atomic mass is 9.90. The molecule has 0 aliphatic carbocycles. The molecule has 4 rings (SSSR count). The Morgan fingerprint density at radius 1 is 1.12 bits per heavy atom. The van der Waals surface area contributed by atoms with Crippen LogP contribution in [0, 0.1) is 0 Å². The van der Waals surface area contributed by atoms with Gasteiger partial charge in [0.15, 0.2) is 11.5 Å². The summed E-state index contributed by atoms with van der Waals surface area (Å²) in [4.78, 5) is 24.1. The van der Waals surface area contributed by atoms with Gasteiger partial charge in [0.25, 0.3) is 0 Å². The molecule has 0 amide bonds. The standard InChI is InChI=1S/C25H24O7/c1-25(2)21(13-17-12-16-9-11-22(26)30-19(16)14-20(17)32-25)31-23(27)10-8-15-6-5-7-18(28-3)24(15)29-4/h5-12,14,21H,13H2,1-4H3. The van der Waals surface area contributed by atoms with Gasteiger partial charge in [-0.25, -0.2) is 9.59 Å². The molecule has 1 aromatic heterocycles. The zero-order valence-corrected chi connectivity index (χ0v) is 18.3. The molecule has 1 aliphatic rings. The third-order valence-electron chi connectivity index (χ3n) is 5.45. The van der Waals surface area contributed by atoms with Crippen molar-refractivity contribution in [2.75, 3.05) is 14.2 Å². The highest BCUT2D eigenvalue weighted by Crippen LogP contribution is 2.37. The van der Waals surface area contributed by atoms with Crippen molar-refractivity contribution in [1.82, 2.24) is 0 Å². The Balaban J connectivity index is 1.55. The maximum absolute atomic E-state index is 12.6. The molecule has 3 aromatic rings. The molecule has 166 valence electrons. The molecule has 0 spiro atoms. The van der Waals surface area contributed by atoms with Gasteiger partial charge in [-0.2, -0.15) is 0 Å². The molecule has 0 N–H and O–H groups in total. The lowest BCUT2D eigenvalue weighted by molar-refractivity contribution is -0.155. The van der Waals surface area contributed by atoms with Crippen molar-refractivity contribution in [3.63, 3.8) is 0 Å². The Bertz CT molecular complexity index is 1250. The summed E-state index contributed by atoms with van der Waals surface area (Å²) in [5.41, 5.74) is 0.840. The van der Waals surface area contributed by atoms with E-state index in [4.69, 9.17) is 23.4 Å². The molecule has 1 unspecified atom stereocenters. The second kappa shape index (κ2) is 8.42. The largest absolute Gasteiger partial charge is 0.493 e. The van der Waals surface area contributed by atoms with Crippen LogP contribution in [0.4, 0.5) is 0 Å². The summed E-state index contributed by atoms with van der Waals surface area (Å²) >= 11 is 0. The minimum Gasteiger partial charge on any atom is -0.493 e. The van der Waals surface area contributed by atoms with E-state index in [1.807, 2.05) is 32.0 Å². The minimum atomic E-state index is -0.771. The van der Waals surface area contributed by atoms with Crippen LogP contribution < -0.4 is 19.8 Å². The number of fused-ring (bicyclic) bond motifs is 2. The number of benzene rings is 2. The van der Waals surface area contributed by atoms with Crippen LogP contribution >= 0.6 is 0 Å². The summed E-state index contributed by atoms with van der Waals surface area (Å²) in [5.74, 6) is 1.23. The van der Waals surface area contributed by atoms with Gasteiger partial charge < -0.3 is 23.4 Å². The van der Waals surface area contributed by atoms with Crippen LogP contribution in [0.3, 0.4) is 0 Å². The number of hydrogen-bond acceptors (Lipinski definition) is 7. The predicted octanol–water partition coefficient (Wildman–Crippen LogP) is 4.15. The van der Waals surface area contributed by atoms with Gasteiger partial charge in [0, 0.05) is 35.6 Å². The van der Waals surface area contributed by atoms with Gasteiger partial charge in [0.2, 0.25) is 0 Å². The number of esters is 1. The van der Waals surface area contributed by atoms with Crippen molar-refractivity contribution in [2.24, 2.45) is 0 Å². The van der Waals surface area contributed by atoms with Crippen molar-refractivity contribution in [3.8, 4) is 17.2 Å². The van der Waals surface area contributed by atoms with E-state index in [1.54, 1.807) is 38.5 Å². The summed E-state index contributed by atoms with van der Waals surface area (Å²) in [6.07, 6.45) is 2.95. The van der Waals surface area contributed by atoms with Gasteiger partial charge in [0.1, 0.15) is 23.0 Å². The second-order valence-corrected chi connectivity index (χ2v) is 8.00. The zero-order chi connectivity index (χ0) is 22.9. The van der Waals surface area contributed by atoms with Gasteiger partial charge in [-0.15, -0.1) is 0 Å². The smallest absolute Gasteiger partial charge is 0.336 e. The topological polar surface area (TPSA) is 84.2 Å². The molecule has 32 heavy (non-hydrogen) atoms. The van der Waals surface area contributed by atoms with E-state index in [9.17, 15) is 9.59 Å². The fraction of sp³-hybridized carbons (Fsp3) is 0.280. The van der Waals surface area contributed by atoms with Crippen LogP contribution in [0.2, 0.25) is 0 Å². The first kappa shape index (κ1) is 21.5. The van der Waals surface area contributed by atoms with E-state index < -0.39 is 23.3 Å². The average Bonchev–Trinajstić information content (AvgIpc) is 2.76. The maximum Gasteiger partial charge on any atom is 0.336 e. The number of ether oxygens (including phenoxy) is 4. The Hall–Kier alpha value is -3.74. The van der Waals surface area contributed by atoms with Gasteiger partial charge in [-0.3, -0.25) is 0 Å². The maximum atomic E-state index is 12.6. The molecular formula is C25H24O7. The Morgan fingerprint density at radius 2 is 1.94 bits per heavy atom. The molecule has 7 heteroatoms. The van der Waals surface area contributed by atoms with Gasteiger partial charge >= 0.3 is 11.6 Å². The minimum absolute atomic E-state index is 0.418. The highest BCUT2D eigenvalue weighted by molar-refractivity contribution is 5.88. The fourth-order valence-electron chi connectivity index (χ4n) is 3.76. The first-order valence-corrected chi connectivity index (χ1v) is 10.2. The lowest BCUT2D eigenvalue weighted by Crippen LogP contribution is -2.48. The second-order valence-electron chi connectivity index (χ2n) is 8.00. The highest BCUT2D eigenvalue weighted by atomic mass is 16.6. The Morgan fingerprint density at radius 3 is 2.69 bits per heavy atom. The SMILES string of the molecule is COc1cccc(C=CC(=O)OC2Cc3cc4ccc(=O)oc4cc3OC2(C)C)c1OC. The third-order valence-corrected chi connectivity index (χ3v) is 5.45. The normalized spacial score (nSPS) is 16.9. The van der Waals surface area contributed by atoms with Crippen molar-refractivity contribution < 1.29 is 28.2 Å². The van der Waals surface area contributed by atoms with E-state index in [-0.39, 0.29) is 0 Å². The monoisotopic (exact) mass is 436 g/mol. The Kier molecular flexibility index (Phi) is 5.65. The first-order valence-electron chi connectivity index (χ1n) is 10.2. The first-order chi connectivity index (χ1) is 15.3. The highest BCUT2D eigenvalue weighted by Gasteiger charge is 2.39. The van der Waals surface area contributed by atoms with Gasteiger partial charge in [-0.05, 0) is 43.7 Å². The number of para-hydroxylation sites is 1. The molecule has 2 heterocycles. The summed E-state index contributed by atoms with van der Waals surface area (Å²) in [5, 5.41) is 0.779. The lowest BCUT2D eigenvalue weighted by Gasteiger charge is -2.39. The van der Waals surface area contributed by atoms with E-state index in [0.29, 0.717) is 34.8 Å². The molecule has 1 atom stereocenters. The van der Waals surface area contributed by atoms with E-state index in [1.165, 1.54) is 12.1 Å². The van der Waals surface area contributed by atoms with E-state index in [0.717, 1.165) is 10.9 Å². The van der Waals surface area contributed by atoms with Crippen molar-refractivity contribution >= 4 is 23.0 Å². The molecule has 0 saturated carbocycles. The summed E-state index contributed by atoms with van der Waals surface area (Å²) in [6, 6.07) is 12.1. The average molecular weight is 436 g/mol. The number of rotatable bonds is 5. The molecular weight excluding hydrogens is 412 g/mol. The van der Waals surface area contributed by atoms with Gasteiger partial charge in [0.05, 0.1) is 14.2 Å². The van der Waals surface area contributed by atoms with Crippen molar-refractivity contribution in [3.05, 3.63) is 70.1 Å². The molecule has 7 nitrogen and oxygen atoms in total. The summed E-state index contributed by atoms with van der Waals surface area (Å²) in [7, 11) is 3.10. The van der Waals surface area contributed by atoms with Gasteiger partial charge in [-0.1, -0.05) is 12.1 Å². The summed E-state index contributed by atoms with van der Waals surface area (Å²) in [6.45, 7) is 3.71. The van der Waals surface area contributed by atoms with Crippen LogP contribution in [0.15, 0.2) is 57.8 Å². The Labute approximate surface area is 185 Å². The van der Waals surface area contributed by atoms with Crippen LogP contribution in [-0.2, 0) is 16.0 Å². The predicted molar refractivity (Wildman–Crippen MR) is 119 cm³/mol. The molecule has 0 saturated heterocycles. The van der Waals surface area contributed by atoms with Crippen LogP contribution in [-0.4, -0.2) is 31.9 Å². The zero-order valence-electron chi connectivity index (χ0n) is 18.3. The number of hydrogen-bond donors (Lipinski definition) is 0.